The minimum Gasteiger partial charge on any atom is -0.334 e. The molecule has 1 N–H and O–H groups in total. The van der Waals surface area contributed by atoms with Crippen molar-refractivity contribution in [1.29, 1.82) is 0 Å². The van der Waals surface area contributed by atoms with Crippen LogP contribution in [-0.2, 0) is 0 Å². The Morgan fingerprint density at radius 3 is 3.00 bits per heavy atom. The number of hydrogen-bond acceptors (Lipinski definition) is 4. The maximum atomic E-state index is 5.39. The molecule has 1 aromatic heterocycles. The van der Waals surface area contributed by atoms with Crippen molar-refractivity contribution in [1.82, 2.24) is 15.5 Å². The smallest absolute Gasteiger partial charge is 0.259 e. The van der Waals surface area contributed by atoms with Crippen LogP contribution in [0.15, 0.2) is 28.8 Å². The minimum absolute atomic E-state index is 0.387. The van der Waals surface area contributed by atoms with Gasteiger partial charge < -0.3 is 9.84 Å². The van der Waals surface area contributed by atoms with Gasteiger partial charge in [0.25, 0.3) is 5.89 Å². The zero-order valence-corrected chi connectivity index (χ0v) is 12.1. The van der Waals surface area contributed by atoms with E-state index in [4.69, 9.17) is 4.52 Å². The topological polar surface area (TPSA) is 51.0 Å². The first-order valence-electron chi connectivity index (χ1n) is 6.14. The van der Waals surface area contributed by atoms with E-state index >= 15 is 0 Å². The van der Waals surface area contributed by atoms with Crippen molar-refractivity contribution in [3.63, 3.8) is 0 Å². The van der Waals surface area contributed by atoms with E-state index in [1.165, 1.54) is 6.42 Å². The largest absolute Gasteiger partial charge is 0.334 e. The zero-order valence-electron chi connectivity index (χ0n) is 9.90. The van der Waals surface area contributed by atoms with Crippen molar-refractivity contribution in [2.24, 2.45) is 0 Å². The molecule has 2 aromatic rings. The summed E-state index contributed by atoms with van der Waals surface area (Å²) in [5, 5.41) is 7.50. The molecule has 0 amide bonds. The summed E-state index contributed by atoms with van der Waals surface area (Å²) in [4.78, 5) is 4.54. The second-order valence-corrected chi connectivity index (χ2v) is 5.64. The highest BCUT2D eigenvalue weighted by molar-refractivity contribution is 14.1. The first kappa shape index (κ1) is 12.1. The predicted molar refractivity (Wildman–Crippen MR) is 77.3 cm³/mol. The highest BCUT2D eigenvalue weighted by atomic mass is 127. The lowest BCUT2D eigenvalue weighted by Gasteiger charge is -2.19. The molecule has 1 aliphatic rings. The van der Waals surface area contributed by atoms with Gasteiger partial charge in [-0.3, -0.25) is 0 Å². The summed E-state index contributed by atoms with van der Waals surface area (Å²) in [6.45, 7) is 2.04. The number of piperidine rings is 1. The number of rotatable bonds is 2. The van der Waals surface area contributed by atoms with Gasteiger partial charge in [0.2, 0.25) is 0 Å². The maximum Gasteiger partial charge on any atom is 0.259 e. The van der Waals surface area contributed by atoms with E-state index in [2.05, 4.69) is 38.0 Å². The maximum absolute atomic E-state index is 5.39. The molecule has 18 heavy (non-hydrogen) atoms. The molecule has 1 unspecified atom stereocenters. The van der Waals surface area contributed by atoms with Crippen molar-refractivity contribution < 1.29 is 4.52 Å². The molecule has 1 aromatic carbocycles. The Balaban J connectivity index is 1.87. The fraction of sp³-hybridized carbons (Fsp3) is 0.385. The van der Waals surface area contributed by atoms with Crippen LogP contribution in [0.2, 0.25) is 0 Å². The summed E-state index contributed by atoms with van der Waals surface area (Å²) in [5.74, 6) is 1.84. The molecule has 3 rings (SSSR count). The highest BCUT2D eigenvalue weighted by Crippen LogP contribution is 2.26. The molecule has 4 nitrogen and oxygen atoms in total. The third kappa shape index (κ3) is 2.42. The molecule has 0 bridgehead atoms. The normalized spacial score (nSPS) is 19.9. The van der Waals surface area contributed by atoms with Crippen LogP contribution >= 0.6 is 22.6 Å². The SMILES string of the molecule is Ic1ccccc1-c1nc(C2CCCNC2)no1. The summed E-state index contributed by atoms with van der Waals surface area (Å²) in [6.07, 6.45) is 2.31. The van der Waals surface area contributed by atoms with Gasteiger partial charge in [0, 0.05) is 16.0 Å². The first-order valence-corrected chi connectivity index (χ1v) is 7.21. The first-order chi connectivity index (χ1) is 8.84. The number of hydrogen-bond donors (Lipinski definition) is 1. The zero-order chi connectivity index (χ0) is 12.4. The second kappa shape index (κ2) is 5.36. The minimum atomic E-state index is 0.387. The standard InChI is InChI=1S/C13H14IN3O/c14-11-6-2-1-5-10(11)13-16-12(17-18-13)9-4-3-7-15-8-9/h1-2,5-6,9,15H,3-4,7-8H2. The van der Waals surface area contributed by atoms with Crippen LogP contribution in [0.1, 0.15) is 24.6 Å². The predicted octanol–water partition coefficient (Wildman–Crippen LogP) is 2.81. The summed E-state index contributed by atoms with van der Waals surface area (Å²) in [6, 6.07) is 8.05. The van der Waals surface area contributed by atoms with Crippen LogP contribution in [0.4, 0.5) is 0 Å². The van der Waals surface area contributed by atoms with Crippen LogP contribution in [-0.4, -0.2) is 23.2 Å². The van der Waals surface area contributed by atoms with Crippen molar-refractivity contribution in [3.8, 4) is 11.5 Å². The van der Waals surface area contributed by atoms with E-state index in [1.807, 2.05) is 24.3 Å². The summed E-state index contributed by atoms with van der Waals surface area (Å²) in [5.41, 5.74) is 1.01. The van der Waals surface area contributed by atoms with Crippen molar-refractivity contribution in [3.05, 3.63) is 33.7 Å². The van der Waals surface area contributed by atoms with Gasteiger partial charge in [-0.1, -0.05) is 17.3 Å². The molecule has 1 aliphatic heterocycles. The molecule has 1 fully saturated rings. The van der Waals surface area contributed by atoms with Gasteiger partial charge >= 0.3 is 0 Å². The molecule has 0 saturated carbocycles. The van der Waals surface area contributed by atoms with Crippen molar-refractivity contribution >= 4 is 22.6 Å². The monoisotopic (exact) mass is 355 g/mol. The Bertz CT molecular complexity index is 535. The highest BCUT2D eigenvalue weighted by Gasteiger charge is 2.21. The third-order valence-corrected chi connectivity index (χ3v) is 4.15. The number of nitrogens with one attached hydrogen (secondary N) is 1. The molecule has 1 atom stereocenters. The fourth-order valence-corrected chi connectivity index (χ4v) is 2.84. The van der Waals surface area contributed by atoms with E-state index in [-0.39, 0.29) is 0 Å². The number of benzene rings is 1. The van der Waals surface area contributed by atoms with Crippen LogP contribution in [0.25, 0.3) is 11.5 Å². The molecular formula is C13H14IN3O. The number of nitrogens with zero attached hydrogens (tertiary/aromatic N) is 2. The average Bonchev–Trinajstić information content (AvgIpc) is 2.90. The van der Waals surface area contributed by atoms with E-state index in [0.29, 0.717) is 11.8 Å². The molecule has 5 heteroatoms. The number of aromatic nitrogens is 2. The van der Waals surface area contributed by atoms with Gasteiger partial charge in [0.1, 0.15) is 0 Å². The Morgan fingerprint density at radius 1 is 1.33 bits per heavy atom. The van der Waals surface area contributed by atoms with Gasteiger partial charge in [-0.15, -0.1) is 0 Å². The molecule has 1 saturated heterocycles. The van der Waals surface area contributed by atoms with Crippen LogP contribution in [0.5, 0.6) is 0 Å². The molecule has 94 valence electrons. The van der Waals surface area contributed by atoms with Gasteiger partial charge in [0.05, 0.1) is 5.56 Å². The Labute approximate surface area is 119 Å². The molecule has 0 radical (unpaired) electrons. The summed E-state index contributed by atoms with van der Waals surface area (Å²) >= 11 is 2.29. The van der Waals surface area contributed by atoms with Gasteiger partial charge in [-0.25, -0.2) is 0 Å². The molecule has 2 heterocycles. The van der Waals surface area contributed by atoms with Crippen LogP contribution in [0.3, 0.4) is 0 Å². The van der Waals surface area contributed by atoms with E-state index in [9.17, 15) is 0 Å². The quantitative estimate of drug-likeness (QED) is 0.842. The number of halogens is 1. The van der Waals surface area contributed by atoms with Gasteiger partial charge in [0.15, 0.2) is 5.82 Å². The van der Waals surface area contributed by atoms with Crippen LogP contribution < -0.4 is 5.32 Å². The van der Waals surface area contributed by atoms with Gasteiger partial charge in [-0.05, 0) is 54.1 Å². The van der Waals surface area contributed by atoms with Crippen LogP contribution in [0, 0.1) is 3.57 Å². The summed E-state index contributed by atoms with van der Waals surface area (Å²) in [7, 11) is 0. The average molecular weight is 355 g/mol. The van der Waals surface area contributed by atoms with Crippen molar-refractivity contribution in [2.75, 3.05) is 13.1 Å². The molecular weight excluding hydrogens is 341 g/mol. The third-order valence-electron chi connectivity index (χ3n) is 3.21. The lowest BCUT2D eigenvalue weighted by molar-refractivity contribution is 0.393. The molecule has 0 spiro atoms. The van der Waals surface area contributed by atoms with Crippen molar-refractivity contribution in [2.45, 2.75) is 18.8 Å². The van der Waals surface area contributed by atoms with E-state index < -0.39 is 0 Å². The lowest BCUT2D eigenvalue weighted by Crippen LogP contribution is -2.28. The lowest BCUT2D eigenvalue weighted by atomic mass is 9.99. The second-order valence-electron chi connectivity index (χ2n) is 4.48. The van der Waals surface area contributed by atoms with E-state index in [0.717, 1.165) is 34.5 Å². The fourth-order valence-electron chi connectivity index (χ4n) is 2.22. The Morgan fingerprint density at radius 2 is 2.22 bits per heavy atom. The summed E-state index contributed by atoms with van der Waals surface area (Å²) < 4.78 is 6.52. The van der Waals surface area contributed by atoms with Gasteiger partial charge in [-0.2, -0.15) is 4.98 Å². The van der Waals surface area contributed by atoms with E-state index in [1.54, 1.807) is 0 Å². The Hall–Kier alpha value is -0.950. The Kier molecular flexibility index (Phi) is 3.60. The molecule has 0 aliphatic carbocycles.